The number of likely N-dealkylation sites (N-methyl/N-ethyl adjacent to an activating group) is 1. The van der Waals surface area contributed by atoms with E-state index < -0.39 is 18.0 Å². The van der Waals surface area contributed by atoms with E-state index in [2.05, 4.69) is 0 Å². The summed E-state index contributed by atoms with van der Waals surface area (Å²) in [6, 6.07) is 9.94. The Morgan fingerprint density at radius 3 is 2.58 bits per heavy atom. The van der Waals surface area contributed by atoms with Gasteiger partial charge in [-0.15, -0.1) is 0 Å². The smallest absolute Gasteiger partial charge is 0.258 e. The molecule has 0 bridgehead atoms. The van der Waals surface area contributed by atoms with E-state index in [0.717, 1.165) is 24.1 Å². The largest absolute Gasteiger partial charge is 0.497 e. The van der Waals surface area contributed by atoms with E-state index in [1.165, 1.54) is 4.90 Å². The number of aliphatic hydroxyl groups excluding tert-OH is 1. The molecule has 1 aromatic heterocycles. The van der Waals surface area contributed by atoms with E-state index >= 15 is 0 Å². The van der Waals surface area contributed by atoms with Gasteiger partial charge in [0.1, 0.15) is 11.8 Å². The highest BCUT2D eigenvalue weighted by Crippen LogP contribution is 2.51. The lowest BCUT2D eigenvalue weighted by Crippen LogP contribution is -2.50. The minimum atomic E-state index is -0.713. The second kappa shape index (κ2) is 8.02. The second-order valence-corrected chi connectivity index (χ2v) is 9.47. The molecule has 0 spiro atoms. The molecule has 2 amide bonds. The molecule has 1 aromatic carbocycles. The van der Waals surface area contributed by atoms with Gasteiger partial charge in [0.05, 0.1) is 13.2 Å². The van der Waals surface area contributed by atoms with Crippen LogP contribution in [0.1, 0.15) is 24.6 Å². The lowest BCUT2D eigenvalue weighted by atomic mass is 9.88. The number of likely N-dealkylation sites (tertiary alicyclic amines) is 1. The number of amides is 2. The Bertz CT molecular complexity index is 1170. The SMILES string of the molecule is COc1cccc(-c2ccc3n(c2=O)C[C@@H]2[C@@H](CO)[C@H](C(=O)N(C)C)N(C(=O)C4CC4)[C@H]32)c1. The number of carbonyl (C=O) groups is 2. The lowest BCUT2D eigenvalue weighted by Gasteiger charge is -2.32. The topological polar surface area (TPSA) is 92.1 Å². The number of hydrogen-bond donors (Lipinski definition) is 1. The number of fused-ring (bicyclic) bond motifs is 3. The summed E-state index contributed by atoms with van der Waals surface area (Å²) >= 11 is 0. The van der Waals surface area contributed by atoms with Gasteiger partial charge >= 0.3 is 0 Å². The van der Waals surface area contributed by atoms with Crippen LogP contribution < -0.4 is 10.3 Å². The van der Waals surface area contributed by atoms with Crippen molar-refractivity contribution in [1.82, 2.24) is 14.4 Å². The van der Waals surface area contributed by atoms with Crippen LogP contribution in [0.15, 0.2) is 41.2 Å². The minimum Gasteiger partial charge on any atom is -0.497 e. The second-order valence-electron chi connectivity index (χ2n) is 9.47. The number of aromatic nitrogens is 1. The number of hydrogen-bond acceptors (Lipinski definition) is 5. The summed E-state index contributed by atoms with van der Waals surface area (Å²) in [6.07, 6.45) is 1.64. The zero-order valence-electron chi connectivity index (χ0n) is 19.1. The molecule has 3 aliphatic rings. The maximum absolute atomic E-state index is 13.5. The van der Waals surface area contributed by atoms with E-state index in [1.54, 1.807) is 36.7 Å². The Labute approximate surface area is 192 Å². The Kier molecular flexibility index (Phi) is 5.28. The summed E-state index contributed by atoms with van der Waals surface area (Å²) in [5, 5.41) is 10.3. The highest BCUT2D eigenvalue weighted by Gasteiger charge is 2.59. The van der Waals surface area contributed by atoms with E-state index in [1.807, 2.05) is 30.3 Å². The van der Waals surface area contributed by atoms with Crippen molar-refractivity contribution in [1.29, 1.82) is 0 Å². The van der Waals surface area contributed by atoms with Crippen LogP contribution in [0.3, 0.4) is 0 Å². The Hall–Kier alpha value is -3.13. The van der Waals surface area contributed by atoms with Gasteiger partial charge in [0, 0.05) is 56.3 Å². The molecular weight excluding hydrogens is 422 g/mol. The third-order valence-electron chi connectivity index (χ3n) is 7.33. The standard InChI is InChI=1S/C25H29N3O5/c1-26(2)25(32)22-19(13-29)18-12-27-20(21(18)28(22)23(30)14-7-8-14)10-9-17(24(27)31)15-5-4-6-16(11-15)33-3/h4-6,9-11,14,18-19,21-22,29H,7-8,12-13H2,1-3H3/t18-,19-,21+,22-/m1/s1. The zero-order chi connectivity index (χ0) is 23.4. The lowest BCUT2D eigenvalue weighted by molar-refractivity contribution is -0.146. The fourth-order valence-electron chi connectivity index (χ4n) is 5.53. The molecule has 8 heteroatoms. The van der Waals surface area contributed by atoms with Crippen LogP contribution in [0.5, 0.6) is 5.75 Å². The number of carbonyl (C=O) groups excluding carboxylic acids is 2. The molecular formula is C25H29N3O5. The van der Waals surface area contributed by atoms with Crippen molar-refractivity contribution in [2.75, 3.05) is 27.8 Å². The molecule has 0 unspecified atom stereocenters. The first kappa shape index (κ1) is 21.7. The van der Waals surface area contributed by atoms with Crippen LogP contribution in [0.25, 0.3) is 11.1 Å². The molecule has 33 heavy (non-hydrogen) atoms. The van der Waals surface area contributed by atoms with Crippen molar-refractivity contribution < 1.29 is 19.4 Å². The highest BCUT2D eigenvalue weighted by atomic mass is 16.5. The average molecular weight is 452 g/mol. The maximum Gasteiger partial charge on any atom is 0.258 e. The summed E-state index contributed by atoms with van der Waals surface area (Å²) < 4.78 is 7.02. The van der Waals surface area contributed by atoms with Gasteiger partial charge in [-0.2, -0.15) is 0 Å². The molecule has 1 saturated heterocycles. The minimum absolute atomic E-state index is 0.0427. The molecule has 1 saturated carbocycles. The first-order chi connectivity index (χ1) is 15.9. The van der Waals surface area contributed by atoms with Gasteiger partial charge < -0.3 is 24.2 Å². The quantitative estimate of drug-likeness (QED) is 0.744. The van der Waals surface area contributed by atoms with Crippen molar-refractivity contribution in [3.05, 3.63) is 52.4 Å². The van der Waals surface area contributed by atoms with Crippen LogP contribution in [-0.4, -0.2) is 65.1 Å². The average Bonchev–Trinajstić information content (AvgIpc) is 3.53. The van der Waals surface area contributed by atoms with E-state index in [9.17, 15) is 19.5 Å². The van der Waals surface area contributed by atoms with E-state index in [0.29, 0.717) is 17.9 Å². The normalized spacial score (nSPS) is 25.5. The Balaban J connectivity index is 1.60. The summed E-state index contributed by atoms with van der Waals surface area (Å²) in [6.45, 7) is 0.152. The number of benzene rings is 1. The summed E-state index contributed by atoms with van der Waals surface area (Å²) in [5.41, 5.74) is 1.91. The third-order valence-corrected chi connectivity index (χ3v) is 7.33. The van der Waals surface area contributed by atoms with Gasteiger partial charge in [-0.05, 0) is 42.7 Å². The fraction of sp³-hybridized carbons (Fsp3) is 0.480. The summed E-state index contributed by atoms with van der Waals surface area (Å²) in [5.74, 6) is -0.247. The number of ether oxygens (including phenoxy) is 1. The van der Waals surface area contributed by atoms with Crippen LogP contribution in [0, 0.1) is 17.8 Å². The summed E-state index contributed by atoms with van der Waals surface area (Å²) in [4.78, 5) is 43.2. The molecule has 2 aliphatic heterocycles. The Morgan fingerprint density at radius 1 is 1.18 bits per heavy atom. The highest BCUT2D eigenvalue weighted by molar-refractivity contribution is 5.90. The van der Waals surface area contributed by atoms with Crippen molar-refractivity contribution in [2.45, 2.75) is 31.5 Å². The molecule has 174 valence electrons. The van der Waals surface area contributed by atoms with Crippen molar-refractivity contribution in [3.8, 4) is 16.9 Å². The van der Waals surface area contributed by atoms with Crippen LogP contribution >= 0.6 is 0 Å². The first-order valence-corrected chi connectivity index (χ1v) is 11.4. The fourth-order valence-corrected chi connectivity index (χ4v) is 5.53. The van der Waals surface area contributed by atoms with Gasteiger partial charge in [-0.1, -0.05) is 12.1 Å². The molecule has 5 rings (SSSR count). The third kappa shape index (κ3) is 3.35. The number of nitrogens with zero attached hydrogens (tertiary/aromatic N) is 3. The predicted octanol–water partition coefficient (Wildman–Crippen LogP) is 1.51. The van der Waals surface area contributed by atoms with Gasteiger partial charge in [0.25, 0.3) is 5.56 Å². The number of methoxy groups -OCH3 is 1. The van der Waals surface area contributed by atoms with E-state index in [4.69, 9.17) is 4.74 Å². The van der Waals surface area contributed by atoms with E-state index in [-0.39, 0.29) is 35.8 Å². The molecule has 8 nitrogen and oxygen atoms in total. The monoisotopic (exact) mass is 451 g/mol. The zero-order valence-corrected chi connectivity index (χ0v) is 19.1. The number of pyridine rings is 1. The van der Waals surface area contributed by atoms with Crippen molar-refractivity contribution in [2.24, 2.45) is 17.8 Å². The first-order valence-electron chi connectivity index (χ1n) is 11.4. The van der Waals surface area contributed by atoms with Crippen molar-refractivity contribution >= 4 is 11.8 Å². The van der Waals surface area contributed by atoms with Crippen LogP contribution in [0.4, 0.5) is 0 Å². The van der Waals surface area contributed by atoms with Crippen molar-refractivity contribution in [3.63, 3.8) is 0 Å². The molecule has 2 aromatic rings. The molecule has 4 atom stereocenters. The van der Waals surface area contributed by atoms with Crippen LogP contribution in [0.2, 0.25) is 0 Å². The molecule has 0 radical (unpaired) electrons. The predicted molar refractivity (Wildman–Crippen MR) is 122 cm³/mol. The van der Waals surface area contributed by atoms with Gasteiger partial charge in [0.2, 0.25) is 11.8 Å². The van der Waals surface area contributed by atoms with Crippen LogP contribution in [-0.2, 0) is 16.1 Å². The molecule has 1 aliphatic carbocycles. The Morgan fingerprint density at radius 2 is 1.94 bits per heavy atom. The molecule has 3 heterocycles. The van der Waals surface area contributed by atoms with Gasteiger partial charge in [-0.3, -0.25) is 14.4 Å². The molecule has 2 fully saturated rings. The van der Waals surface area contributed by atoms with Gasteiger partial charge in [-0.25, -0.2) is 0 Å². The van der Waals surface area contributed by atoms with Gasteiger partial charge in [0.15, 0.2) is 0 Å². The molecule has 1 N–H and O–H groups in total. The number of rotatable bonds is 5. The number of aliphatic hydroxyl groups is 1. The summed E-state index contributed by atoms with van der Waals surface area (Å²) in [7, 11) is 4.93. The maximum atomic E-state index is 13.5.